The Bertz CT molecular complexity index is 627. The van der Waals surface area contributed by atoms with Gasteiger partial charge in [0.05, 0.1) is 19.8 Å². The minimum absolute atomic E-state index is 0.101. The molecule has 0 bridgehead atoms. The van der Waals surface area contributed by atoms with Gasteiger partial charge in [0, 0.05) is 39.3 Å². The number of rotatable bonds is 6. The van der Waals surface area contributed by atoms with Gasteiger partial charge in [-0.3, -0.25) is 14.6 Å². The fourth-order valence-corrected chi connectivity index (χ4v) is 4.48. The van der Waals surface area contributed by atoms with Crippen LogP contribution < -0.4 is 0 Å². The molecule has 1 amide bonds. The average molecular weight is 373 g/mol. The van der Waals surface area contributed by atoms with Crippen molar-refractivity contribution in [3.8, 4) is 0 Å². The van der Waals surface area contributed by atoms with E-state index in [0.29, 0.717) is 13.2 Å². The molecule has 1 aromatic rings. The minimum atomic E-state index is -0.114. The van der Waals surface area contributed by atoms with Gasteiger partial charge in [-0.25, -0.2) is 0 Å². The smallest absolute Gasteiger partial charge is 0.242 e. The zero-order chi connectivity index (χ0) is 18.7. The van der Waals surface area contributed by atoms with Crippen molar-refractivity contribution in [1.29, 1.82) is 0 Å². The quantitative estimate of drug-likeness (QED) is 0.702. The summed E-state index contributed by atoms with van der Waals surface area (Å²) in [5.74, 6) is 0.246. The van der Waals surface area contributed by atoms with Gasteiger partial charge in [-0.15, -0.1) is 0 Å². The molecule has 0 aliphatic carbocycles. The van der Waals surface area contributed by atoms with Crippen LogP contribution in [0.4, 0.5) is 0 Å². The first-order valence-corrected chi connectivity index (χ1v) is 10.1. The monoisotopic (exact) mass is 373 g/mol. The Morgan fingerprint density at radius 2 is 1.93 bits per heavy atom. The van der Waals surface area contributed by atoms with E-state index in [1.807, 2.05) is 23.1 Å². The van der Waals surface area contributed by atoms with Crippen LogP contribution in [0.1, 0.15) is 18.4 Å². The lowest BCUT2D eigenvalue weighted by Crippen LogP contribution is -2.72. The van der Waals surface area contributed by atoms with Gasteiger partial charge in [0.2, 0.25) is 5.91 Å². The zero-order valence-electron chi connectivity index (χ0n) is 16.3. The van der Waals surface area contributed by atoms with Gasteiger partial charge in [-0.1, -0.05) is 30.3 Å². The number of hydrogen-bond donors (Lipinski definition) is 0. The number of nitrogens with zero attached hydrogens (tertiary/aromatic N) is 3. The first-order chi connectivity index (χ1) is 13.2. The number of carbonyl (C=O) groups excluding carboxylic acids is 1. The van der Waals surface area contributed by atoms with Crippen LogP contribution in [0, 0.1) is 0 Å². The second-order valence-electron chi connectivity index (χ2n) is 8.21. The molecule has 0 aromatic heterocycles. The summed E-state index contributed by atoms with van der Waals surface area (Å²) in [5.41, 5.74) is 1.11. The van der Waals surface area contributed by atoms with Gasteiger partial charge in [-0.2, -0.15) is 0 Å². The lowest BCUT2D eigenvalue weighted by Gasteiger charge is -2.55. The molecule has 3 fully saturated rings. The van der Waals surface area contributed by atoms with Gasteiger partial charge >= 0.3 is 0 Å². The van der Waals surface area contributed by atoms with Crippen molar-refractivity contribution >= 4 is 5.91 Å². The number of hydrogen-bond acceptors (Lipinski definition) is 5. The van der Waals surface area contributed by atoms with Crippen LogP contribution in [-0.2, 0) is 20.9 Å². The topological polar surface area (TPSA) is 45.3 Å². The fourth-order valence-electron chi connectivity index (χ4n) is 4.48. The Kier molecular flexibility index (Phi) is 5.78. The normalized spacial score (nSPS) is 25.7. The molecule has 3 aliphatic heterocycles. The van der Waals surface area contributed by atoms with Crippen LogP contribution in [0.5, 0.6) is 0 Å². The van der Waals surface area contributed by atoms with Gasteiger partial charge in [0.1, 0.15) is 11.6 Å². The zero-order valence-corrected chi connectivity index (χ0v) is 16.3. The third-order valence-corrected chi connectivity index (χ3v) is 6.01. The van der Waals surface area contributed by atoms with Crippen LogP contribution >= 0.6 is 0 Å². The molecule has 27 heavy (non-hydrogen) atoms. The molecule has 0 N–H and O–H groups in total. The molecule has 3 saturated heterocycles. The minimum Gasteiger partial charge on any atom is -0.375 e. The van der Waals surface area contributed by atoms with E-state index in [-0.39, 0.29) is 17.6 Å². The molecule has 1 aromatic carbocycles. The number of carbonyl (C=O) groups is 1. The first-order valence-electron chi connectivity index (χ1n) is 10.1. The Hall–Kier alpha value is -1.47. The summed E-state index contributed by atoms with van der Waals surface area (Å²) >= 11 is 0. The summed E-state index contributed by atoms with van der Waals surface area (Å²) in [7, 11) is 2.06. The van der Waals surface area contributed by atoms with Gasteiger partial charge in [-0.05, 0) is 25.5 Å². The highest BCUT2D eigenvalue weighted by Crippen LogP contribution is 2.31. The van der Waals surface area contributed by atoms with Crippen LogP contribution in [0.3, 0.4) is 0 Å². The maximum atomic E-state index is 12.7. The van der Waals surface area contributed by atoms with E-state index in [1.54, 1.807) is 0 Å². The Labute approximate surface area is 162 Å². The van der Waals surface area contributed by atoms with Crippen molar-refractivity contribution in [1.82, 2.24) is 14.7 Å². The number of morpholine rings is 1. The van der Waals surface area contributed by atoms with E-state index >= 15 is 0 Å². The van der Waals surface area contributed by atoms with Crippen molar-refractivity contribution < 1.29 is 14.3 Å². The van der Waals surface area contributed by atoms with Gasteiger partial charge in [0.15, 0.2) is 0 Å². The Balaban J connectivity index is 1.16. The number of amides is 1. The lowest BCUT2D eigenvalue weighted by atomic mass is 9.90. The first kappa shape index (κ1) is 18.9. The van der Waals surface area contributed by atoms with Crippen LogP contribution in [0.15, 0.2) is 30.3 Å². The summed E-state index contributed by atoms with van der Waals surface area (Å²) in [4.78, 5) is 19.2. The Morgan fingerprint density at radius 3 is 2.63 bits per heavy atom. The second kappa shape index (κ2) is 8.27. The lowest BCUT2D eigenvalue weighted by molar-refractivity contribution is -0.201. The maximum Gasteiger partial charge on any atom is 0.242 e. The number of likely N-dealkylation sites (tertiary alicyclic amines) is 2. The SMILES string of the molecule is CN1CC2(CN(CCOCc3ccccc3)C2)OC[C@H]1C(=O)N1CCCC1. The molecule has 6 nitrogen and oxygen atoms in total. The van der Waals surface area contributed by atoms with Crippen LogP contribution in [0.25, 0.3) is 0 Å². The number of likely N-dealkylation sites (N-methyl/N-ethyl adjacent to an activating group) is 1. The highest BCUT2D eigenvalue weighted by Gasteiger charge is 2.49. The van der Waals surface area contributed by atoms with E-state index in [0.717, 1.165) is 58.7 Å². The van der Waals surface area contributed by atoms with Gasteiger partial charge < -0.3 is 14.4 Å². The Morgan fingerprint density at radius 1 is 1.19 bits per heavy atom. The molecule has 1 atom stereocenters. The highest BCUT2D eigenvalue weighted by molar-refractivity contribution is 5.82. The third kappa shape index (κ3) is 4.35. The fraction of sp³-hybridized carbons (Fsp3) is 0.667. The summed E-state index contributed by atoms with van der Waals surface area (Å²) in [6.45, 7) is 7.35. The summed E-state index contributed by atoms with van der Waals surface area (Å²) < 4.78 is 12.0. The van der Waals surface area contributed by atoms with E-state index in [2.05, 4.69) is 29.0 Å². The van der Waals surface area contributed by atoms with Crippen molar-refractivity contribution in [2.24, 2.45) is 0 Å². The largest absolute Gasteiger partial charge is 0.375 e. The van der Waals surface area contributed by atoms with Gasteiger partial charge in [0.25, 0.3) is 0 Å². The molecule has 1 spiro atoms. The molecule has 148 valence electrons. The molecular formula is C21H31N3O3. The van der Waals surface area contributed by atoms with E-state index < -0.39 is 0 Å². The van der Waals surface area contributed by atoms with E-state index in [9.17, 15) is 4.79 Å². The molecule has 0 unspecified atom stereocenters. The molecule has 6 heteroatoms. The number of ether oxygens (including phenoxy) is 2. The summed E-state index contributed by atoms with van der Waals surface area (Å²) in [6, 6.07) is 10.2. The number of benzene rings is 1. The average Bonchev–Trinajstić information content (AvgIpc) is 3.19. The molecular weight excluding hydrogens is 342 g/mol. The maximum absolute atomic E-state index is 12.7. The van der Waals surface area contributed by atoms with Crippen molar-refractivity contribution in [3.63, 3.8) is 0 Å². The molecule has 3 heterocycles. The predicted octanol–water partition coefficient (Wildman–Crippen LogP) is 1.21. The van der Waals surface area contributed by atoms with Crippen LogP contribution in [-0.4, -0.2) is 91.8 Å². The van der Waals surface area contributed by atoms with E-state index in [1.165, 1.54) is 5.56 Å². The third-order valence-electron chi connectivity index (χ3n) is 6.01. The van der Waals surface area contributed by atoms with Crippen molar-refractivity contribution in [2.45, 2.75) is 31.1 Å². The van der Waals surface area contributed by atoms with E-state index in [4.69, 9.17) is 9.47 Å². The predicted molar refractivity (Wildman–Crippen MR) is 103 cm³/mol. The summed E-state index contributed by atoms with van der Waals surface area (Å²) in [6.07, 6.45) is 2.27. The summed E-state index contributed by atoms with van der Waals surface area (Å²) in [5, 5.41) is 0. The molecule has 0 radical (unpaired) electrons. The van der Waals surface area contributed by atoms with Crippen molar-refractivity contribution in [2.75, 3.05) is 59.5 Å². The molecule has 3 aliphatic rings. The highest BCUT2D eigenvalue weighted by atomic mass is 16.5. The van der Waals surface area contributed by atoms with Crippen LogP contribution in [0.2, 0.25) is 0 Å². The standard InChI is InChI=1S/C21H31N3O3/c1-22-15-21(27-14-19(22)20(25)24-9-5-6-10-24)16-23(17-21)11-12-26-13-18-7-3-2-4-8-18/h2-4,7-8,19H,5-6,9-17H2,1H3/t19-/m0/s1. The molecule has 0 saturated carbocycles. The molecule has 4 rings (SSSR count). The second-order valence-corrected chi connectivity index (χ2v) is 8.21. The van der Waals surface area contributed by atoms with Crippen molar-refractivity contribution in [3.05, 3.63) is 35.9 Å².